The van der Waals surface area contributed by atoms with Crippen LogP contribution in [0, 0.1) is 19.3 Å². The van der Waals surface area contributed by atoms with Crippen LogP contribution >= 0.6 is 12.6 Å². The third-order valence-electron chi connectivity index (χ3n) is 2.12. The van der Waals surface area contributed by atoms with E-state index in [-0.39, 0.29) is 0 Å². The van der Waals surface area contributed by atoms with Gasteiger partial charge in [-0.05, 0) is 29.6 Å². The van der Waals surface area contributed by atoms with Crippen LogP contribution in [0.5, 0.6) is 0 Å². The molecule has 0 bridgehead atoms. The van der Waals surface area contributed by atoms with Gasteiger partial charge in [-0.15, -0.1) is 6.42 Å². The molecule has 0 aliphatic heterocycles. The fraction of sp³-hybridized carbons (Fsp3) is 0.200. The topological polar surface area (TPSA) is 40.5 Å². The van der Waals surface area contributed by atoms with Crippen LogP contribution in [0.25, 0.3) is 0 Å². The molecule has 0 radical (unpaired) electrons. The van der Waals surface area contributed by atoms with E-state index in [1.165, 1.54) is 0 Å². The lowest BCUT2D eigenvalue weighted by Crippen LogP contribution is -2.33. The Morgan fingerprint density at radius 3 is 2.57 bits per heavy atom. The summed E-state index contributed by atoms with van der Waals surface area (Å²) in [5, 5.41) is 18.2. The summed E-state index contributed by atoms with van der Waals surface area (Å²) in [5.41, 5.74) is 2.74. The lowest BCUT2D eigenvalue weighted by Gasteiger charge is -2.09. The summed E-state index contributed by atoms with van der Waals surface area (Å²) in [7, 11) is -1.48. The average molecular weight is 206 g/mol. The average Bonchev–Trinajstić information content (AvgIpc) is 2.17. The van der Waals surface area contributed by atoms with Crippen molar-refractivity contribution in [3.8, 4) is 12.3 Å². The second kappa shape index (κ2) is 4.56. The van der Waals surface area contributed by atoms with Gasteiger partial charge in [-0.25, -0.2) is 0 Å². The molecule has 2 nitrogen and oxygen atoms in total. The second-order valence-corrected chi connectivity index (χ2v) is 3.35. The Hall–Kier alpha value is -0.885. The lowest BCUT2D eigenvalue weighted by molar-refractivity contribution is 0.425. The quantitative estimate of drug-likeness (QED) is 0.364. The summed E-state index contributed by atoms with van der Waals surface area (Å²) in [5.74, 6) is 3.03. The van der Waals surface area contributed by atoms with Gasteiger partial charge in [0.25, 0.3) is 0 Å². The molecule has 0 atom stereocenters. The Bertz CT molecular complexity index is 382. The maximum Gasteiger partial charge on any atom is 0.488 e. The molecule has 4 heteroatoms. The van der Waals surface area contributed by atoms with Gasteiger partial charge in [0.05, 0.1) is 0 Å². The van der Waals surface area contributed by atoms with Crippen LogP contribution in [-0.4, -0.2) is 17.2 Å². The van der Waals surface area contributed by atoms with E-state index in [0.717, 1.165) is 11.1 Å². The highest BCUT2D eigenvalue weighted by atomic mass is 32.1. The van der Waals surface area contributed by atoms with Gasteiger partial charge < -0.3 is 10.0 Å². The van der Waals surface area contributed by atoms with Gasteiger partial charge in [0, 0.05) is 11.3 Å². The first-order valence-electron chi connectivity index (χ1n) is 4.17. The Kier molecular flexibility index (Phi) is 3.65. The molecule has 0 aromatic heterocycles. The van der Waals surface area contributed by atoms with Crippen molar-refractivity contribution in [1.29, 1.82) is 0 Å². The molecule has 0 saturated heterocycles. The number of terminal acetylenes is 1. The zero-order chi connectivity index (χ0) is 10.7. The van der Waals surface area contributed by atoms with Gasteiger partial charge in [0.1, 0.15) is 0 Å². The molecule has 0 heterocycles. The molecule has 0 aliphatic rings. The van der Waals surface area contributed by atoms with Crippen molar-refractivity contribution in [2.75, 3.05) is 0 Å². The maximum atomic E-state index is 9.11. The van der Waals surface area contributed by atoms with Gasteiger partial charge in [0.15, 0.2) is 0 Å². The van der Waals surface area contributed by atoms with Crippen molar-refractivity contribution in [2.24, 2.45) is 0 Å². The van der Waals surface area contributed by atoms with Crippen LogP contribution < -0.4 is 5.46 Å². The molecule has 1 aromatic rings. The minimum atomic E-state index is -1.48. The molecule has 0 aliphatic carbocycles. The van der Waals surface area contributed by atoms with E-state index < -0.39 is 7.12 Å². The SMILES string of the molecule is C#Cc1cc(CS)cc(B(O)O)c1C. The molecule has 0 amide bonds. The summed E-state index contributed by atoms with van der Waals surface area (Å²) < 4.78 is 0. The molecule has 14 heavy (non-hydrogen) atoms. The van der Waals surface area contributed by atoms with Crippen LogP contribution in [0.1, 0.15) is 16.7 Å². The molecule has 0 spiro atoms. The Morgan fingerprint density at radius 1 is 1.50 bits per heavy atom. The predicted molar refractivity (Wildman–Crippen MR) is 61.6 cm³/mol. The van der Waals surface area contributed by atoms with E-state index in [9.17, 15) is 0 Å². The zero-order valence-electron chi connectivity index (χ0n) is 7.86. The Labute approximate surface area is 89.5 Å². The molecule has 0 unspecified atom stereocenters. The first-order chi connectivity index (χ1) is 6.60. The number of benzene rings is 1. The van der Waals surface area contributed by atoms with E-state index in [1.807, 2.05) is 6.07 Å². The van der Waals surface area contributed by atoms with Gasteiger partial charge in [-0.3, -0.25) is 0 Å². The first kappa shape index (κ1) is 11.2. The predicted octanol–water partition coefficient (Wildman–Crippen LogP) is 0.0859. The third kappa shape index (κ3) is 2.13. The van der Waals surface area contributed by atoms with Gasteiger partial charge >= 0.3 is 7.12 Å². The molecule has 72 valence electrons. The van der Waals surface area contributed by atoms with Crippen molar-refractivity contribution in [1.82, 2.24) is 0 Å². The summed E-state index contributed by atoms with van der Waals surface area (Å²) in [6, 6.07) is 3.53. The molecule has 0 fully saturated rings. The fourth-order valence-electron chi connectivity index (χ4n) is 1.31. The molecule has 1 rings (SSSR count). The minimum Gasteiger partial charge on any atom is -0.423 e. The summed E-state index contributed by atoms with van der Waals surface area (Å²) in [4.78, 5) is 0. The van der Waals surface area contributed by atoms with E-state index in [2.05, 4.69) is 18.5 Å². The van der Waals surface area contributed by atoms with E-state index >= 15 is 0 Å². The molecular formula is C10H11BO2S. The van der Waals surface area contributed by atoms with E-state index in [1.54, 1.807) is 13.0 Å². The highest BCUT2D eigenvalue weighted by Crippen LogP contribution is 2.10. The first-order valence-corrected chi connectivity index (χ1v) is 4.80. The molecule has 2 N–H and O–H groups in total. The smallest absolute Gasteiger partial charge is 0.423 e. The van der Waals surface area contributed by atoms with Gasteiger partial charge in [-0.1, -0.05) is 12.0 Å². The minimum absolute atomic E-state index is 0.449. The van der Waals surface area contributed by atoms with Crippen LogP contribution in [0.4, 0.5) is 0 Å². The number of thiol groups is 1. The zero-order valence-corrected chi connectivity index (χ0v) is 8.75. The van der Waals surface area contributed by atoms with Crippen molar-refractivity contribution in [3.05, 3.63) is 28.8 Å². The van der Waals surface area contributed by atoms with E-state index in [4.69, 9.17) is 16.5 Å². The number of hydrogen-bond acceptors (Lipinski definition) is 3. The summed E-state index contributed by atoms with van der Waals surface area (Å²) in [6.45, 7) is 1.77. The summed E-state index contributed by atoms with van der Waals surface area (Å²) >= 11 is 4.11. The standard InChI is InChI=1S/C10H11BO2S/c1-3-9-4-8(6-14)5-10(7(9)2)11(12)13/h1,4-5,12-14H,6H2,2H3. The van der Waals surface area contributed by atoms with Gasteiger partial charge in [-0.2, -0.15) is 12.6 Å². The van der Waals surface area contributed by atoms with Crippen LogP contribution in [0.15, 0.2) is 12.1 Å². The monoisotopic (exact) mass is 206 g/mol. The normalized spacial score (nSPS) is 9.64. The Balaban J connectivity index is 3.36. The largest absolute Gasteiger partial charge is 0.488 e. The number of rotatable bonds is 2. The summed E-state index contributed by atoms with van der Waals surface area (Å²) in [6.07, 6.45) is 5.31. The van der Waals surface area contributed by atoms with Crippen LogP contribution in [0.3, 0.4) is 0 Å². The molecular weight excluding hydrogens is 195 g/mol. The molecule has 1 aromatic carbocycles. The van der Waals surface area contributed by atoms with Crippen LogP contribution in [-0.2, 0) is 5.75 Å². The van der Waals surface area contributed by atoms with Crippen molar-refractivity contribution in [2.45, 2.75) is 12.7 Å². The fourth-order valence-corrected chi connectivity index (χ4v) is 1.49. The third-order valence-corrected chi connectivity index (χ3v) is 2.49. The highest BCUT2D eigenvalue weighted by Gasteiger charge is 2.16. The van der Waals surface area contributed by atoms with Crippen molar-refractivity contribution < 1.29 is 10.0 Å². The van der Waals surface area contributed by atoms with Crippen LogP contribution in [0.2, 0.25) is 0 Å². The second-order valence-electron chi connectivity index (χ2n) is 3.03. The molecule has 0 saturated carbocycles. The lowest BCUT2D eigenvalue weighted by atomic mass is 9.75. The van der Waals surface area contributed by atoms with Crippen molar-refractivity contribution in [3.63, 3.8) is 0 Å². The van der Waals surface area contributed by atoms with E-state index in [0.29, 0.717) is 16.8 Å². The highest BCUT2D eigenvalue weighted by molar-refractivity contribution is 7.79. The Morgan fingerprint density at radius 2 is 2.14 bits per heavy atom. The number of hydrogen-bond donors (Lipinski definition) is 3. The van der Waals surface area contributed by atoms with Crippen molar-refractivity contribution >= 4 is 25.2 Å². The maximum absolute atomic E-state index is 9.11. The van der Waals surface area contributed by atoms with Gasteiger partial charge in [0.2, 0.25) is 0 Å².